The van der Waals surface area contributed by atoms with Gasteiger partial charge in [0.15, 0.2) is 12.6 Å². The molecule has 3 rings (SSSR count). The predicted octanol–water partition coefficient (Wildman–Crippen LogP) is 1.66. The van der Waals surface area contributed by atoms with Crippen molar-refractivity contribution in [3.8, 4) is 0 Å². The normalized spacial score (nSPS) is 34.5. The van der Waals surface area contributed by atoms with Crippen molar-refractivity contribution < 1.29 is 23.7 Å². The largest absolute Gasteiger partial charge is 0.355 e. The number of methoxy groups -OCH3 is 1. The first kappa shape index (κ1) is 17.7. The SMILES string of the molecule is CO[C@@H]1OC2COC(c3ccccc3)O[C@H]2C(NC(C)=O)C1N=[N+]=[N-]. The molecule has 2 heterocycles. The lowest BCUT2D eigenvalue weighted by molar-refractivity contribution is -0.323. The van der Waals surface area contributed by atoms with E-state index in [-0.39, 0.29) is 12.5 Å². The number of azide groups is 1. The second-order valence-corrected chi connectivity index (χ2v) is 5.88. The molecule has 25 heavy (non-hydrogen) atoms. The van der Waals surface area contributed by atoms with Gasteiger partial charge in [0, 0.05) is 24.5 Å². The summed E-state index contributed by atoms with van der Waals surface area (Å²) in [5.41, 5.74) is 9.74. The number of nitrogens with one attached hydrogen (secondary N) is 1. The van der Waals surface area contributed by atoms with Gasteiger partial charge in [-0.3, -0.25) is 4.79 Å². The van der Waals surface area contributed by atoms with Crippen LogP contribution in [0.3, 0.4) is 0 Å². The second kappa shape index (κ2) is 7.81. The zero-order valence-corrected chi connectivity index (χ0v) is 13.9. The van der Waals surface area contributed by atoms with Crippen LogP contribution in [0.5, 0.6) is 0 Å². The summed E-state index contributed by atoms with van der Waals surface area (Å²) in [5.74, 6) is -0.259. The number of amides is 1. The van der Waals surface area contributed by atoms with Gasteiger partial charge in [-0.05, 0) is 5.53 Å². The third-order valence-electron chi connectivity index (χ3n) is 4.23. The fourth-order valence-electron chi connectivity index (χ4n) is 3.16. The van der Waals surface area contributed by atoms with Gasteiger partial charge in [-0.15, -0.1) is 0 Å². The molecule has 0 spiro atoms. The minimum atomic E-state index is -0.797. The predicted molar refractivity (Wildman–Crippen MR) is 86.2 cm³/mol. The van der Waals surface area contributed by atoms with Crippen molar-refractivity contribution in [2.45, 2.75) is 43.8 Å². The Balaban J connectivity index is 1.87. The number of ether oxygens (including phenoxy) is 4. The third kappa shape index (κ3) is 3.76. The van der Waals surface area contributed by atoms with Crippen LogP contribution in [0.15, 0.2) is 35.4 Å². The van der Waals surface area contributed by atoms with Crippen molar-refractivity contribution in [1.82, 2.24) is 5.32 Å². The van der Waals surface area contributed by atoms with Crippen molar-refractivity contribution >= 4 is 5.91 Å². The van der Waals surface area contributed by atoms with Gasteiger partial charge in [0.2, 0.25) is 5.91 Å². The van der Waals surface area contributed by atoms with E-state index in [1.54, 1.807) is 0 Å². The number of fused-ring (bicyclic) bond motifs is 1. The second-order valence-electron chi connectivity index (χ2n) is 5.88. The summed E-state index contributed by atoms with van der Waals surface area (Å²) in [5, 5.41) is 6.56. The molecule has 1 aromatic rings. The number of carbonyl (C=O) groups is 1. The van der Waals surface area contributed by atoms with Crippen molar-refractivity contribution in [1.29, 1.82) is 0 Å². The Morgan fingerprint density at radius 3 is 2.76 bits per heavy atom. The summed E-state index contributed by atoms with van der Waals surface area (Å²) in [6.07, 6.45) is -2.38. The van der Waals surface area contributed by atoms with Gasteiger partial charge in [0.1, 0.15) is 18.2 Å². The van der Waals surface area contributed by atoms with E-state index in [0.29, 0.717) is 0 Å². The lowest BCUT2D eigenvalue weighted by Crippen LogP contribution is -2.66. The van der Waals surface area contributed by atoms with Crippen LogP contribution in [0.2, 0.25) is 0 Å². The van der Waals surface area contributed by atoms with Gasteiger partial charge in [0.05, 0.1) is 12.6 Å². The Morgan fingerprint density at radius 1 is 1.36 bits per heavy atom. The molecule has 1 N–H and O–H groups in total. The molecule has 9 heteroatoms. The van der Waals surface area contributed by atoms with Crippen molar-refractivity contribution in [2.24, 2.45) is 5.11 Å². The smallest absolute Gasteiger partial charge is 0.217 e. The fraction of sp³-hybridized carbons (Fsp3) is 0.562. The lowest BCUT2D eigenvalue weighted by atomic mass is 9.93. The summed E-state index contributed by atoms with van der Waals surface area (Å²) in [7, 11) is 1.45. The monoisotopic (exact) mass is 348 g/mol. The number of rotatable bonds is 4. The van der Waals surface area contributed by atoms with Gasteiger partial charge in [-0.25, -0.2) is 0 Å². The number of hydrogen-bond acceptors (Lipinski definition) is 6. The van der Waals surface area contributed by atoms with E-state index in [0.717, 1.165) is 5.56 Å². The van der Waals surface area contributed by atoms with E-state index in [2.05, 4.69) is 15.3 Å². The molecule has 134 valence electrons. The fourth-order valence-corrected chi connectivity index (χ4v) is 3.16. The molecule has 0 saturated carbocycles. The minimum absolute atomic E-state index is 0.259. The van der Waals surface area contributed by atoms with Crippen LogP contribution in [0.4, 0.5) is 0 Å². The highest BCUT2D eigenvalue weighted by molar-refractivity contribution is 5.73. The molecule has 2 saturated heterocycles. The molecule has 2 aliphatic rings. The minimum Gasteiger partial charge on any atom is -0.355 e. The molecular formula is C16H20N4O5. The molecule has 6 atom stereocenters. The van der Waals surface area contributed by atoms with Gasteiger partial charge >= 0.3 is 0 Å². The van der Waals surface area contributed by atoms with Gasteiger partial charge < -0.3 is 24.3 Å². The summed E-state index contributed by atoms with van der Waals surface area (Å²) in [6.45, 7) is 1.66. The summed E-state index contributed by atoms with van der Waals surface area (Å²) in [4.78, 5) is 14.5. The molecule has 0 aliphatic carbocycles. The highest BCUT2D eigenvalue weighted by atomic mass is 16.7. The molecule has 1 amide bonds. The average molecular weight is 348 g/mol. The first-order chi connectivity index (χ1) is 12.1. The van der Waals surface area contributed by atoms with Crippen LogP contribution >= 0.6 is 0 Å². The number of nitrogens with zero attached hydrogens (tertiary/aromatic N) is 3. The van der Waals surface area contributed by atoms with Crippen molar-refractivity contribution in [3.05, 3.63) is 46.3 Å². The first-order valence-corrected chi connectivity index (χ1v) is 7.95. The molecule has 0 radical (unpaired) electrons. The maximum Gasteiger partial charge on any atom is 0.217 e. The number of carbonyl (C=O) groups excluding carboxylic acids is 1. The highest BCUT2D eigenvalue weighted by Crippen LogP contribution is 2.35. The highest BCUT2D eigenvalue weighted by Gasteiger charge is 2.50. The van der Waals surface area contributed by atoms with E-state index < -0.39 is 36.9 Å². The van der Waals surface area contributed by atoms with Crippen LogP contribution in [0.1, 0.15) is 18.8 Å². The van der Waals surface area contributed by atoms with Gasteiger partial charge in [0.25, 0.3) is 0 Å². The first-order valence-electron chi connectivity index (χ1n) is 7.95. The number of benzene rings is 1. The Morgan fingerprint density at radius 2 is 2.12 bits per heavy atom. The Hall–Kier alpha value is -2.16. The molecule has 1 aromatic carbocycles. The van der Waals surface area contributed by atoms with Crippen molar-refractivity contribution in [2.75, 3.05) is 13.7 Å². The molecular weight excluding hydrogens is 328 g/mol. The quantitative estimate of drug-likeness (QED) is 0.505. The maximum atomic E-state index is 11.7. The van der Waals surface area contributed by atoms with Crippen molar-refractivity contribution in [3.63, 3.8) is 0 Å². The van der Waals surface area contributed by atoms with E-state index in [1.807, 2.05) is 30.3 Å². The Bertz CT molecular complexity index is 651. The zero-order valence-electron chi connectivity index (χ0n) is 13.9. The Labute approximate surface area is 144 Å². The van der Waals surface area contributed by atoms with Crippen LogP contribution in [0.25, 0.3) is 10.4 Å². The third-order valence-corrected chi connectivity index (χ3v) is 4.23. The van der Waals surface area contributed by atoms with E-state index in [4.69, 9.17) is 24.5 Å². The van der Waals surface area contributed by atoms with Gasteiger partial charge in [-0.2, -0.15) is 0 Å². The summed E-state index contributed by atoms with van der Waals surface area (Å²) in [6, 6.07) is 8.12. The van der Waals surface area contributed by atoms with Crippen LogP contribution in [-0.4, -0.2) is 50.2 Å². The average Bonchev–Trinajstić information content (AvgIpc) is 2.63. The zero-order chi connectivity index (χ0) is 17.8. The van der Waals surface area contributed by atoms with Crippen LogP contribution in [-0.2, 0) is 23.7 Å². The maximum absolute atomic E-state index is 11.7. The van der Waals surface area contributed by atoms with Gasteiger partial charge in [-0.1, -0.05) is 35.4 Å². The summed E-state index contributed by atoms with van der Waals surface area (Å²) >= 11 is 0. The van der Waals surface area contributed by atoms with E-state index >= 15 is 0 Å². The standard InChI is InChI=1S/C16H20N4O5/c1-9(21)18-12-13(19-20-17)16(22-2)24-11-8-23-15(25-14(11)12)10-6-4-3-5-7-10/h3-7,11-16H,8H2,1-2H3,(H,18,21)/t11?,12?,13?,14-,15?,16-/m1/s1. The molecule has 4 unspecified atom stereocenters. The number of hydrogen-bond donors (Lipinski definition) is 1. The van der Waals surface area contributed by atoms with E-state index in [9.17, 15) is 4.79 Å². The molecule has 2 aliphatic heterocycles. The molecule has 0 aromatic heterocycles. The van der Waals surface area contributed by atoms with Crippen LogP contribution in [0, 0.1) is 0 Å². The van der Waals surface area contributed by atoms with E-state index in [1.165, 1.54) is 14.0 Å². The lowest BCUT2D eigenvalue weighted by Gasteiger charge is -2.48. The molecule has 9 nitrogen and oxygen atoms in total. The molecule has 0 bridgehead atoms. The Kier molecular flexibility index (Phi) is 5.52. The summed E-state index contributed by atoms with van der Waals surface area (Å²) < 4.78 is 22.9. The van der Waals surface area contributed by atoms with Crippen LogP contribution < -0.4 is 5.32 Å². The molecule has 2 fully saturated rings. The topological polar surface area (TPSA) is 115 Å².